The van der Waals surface area contributed by atoms with Crippen molar-refractivity contribution in [3.8, 4) is 0 Å². The predicted molar refractivity (Wildman–Crippen MR) is 97.6 cm³/mol. The van der Waals surface area contributed by atoms with Crippen LogP contribution >= 0.6 is 15.9 Å². The number of hydrogen-bond acceptors (Lipinski definition) is 2. The first-order valence-electron chi connectivity index (χ1n) is 7.62. The van der Waals surface area contributed by atoms with E-state index < -0.39 is 10.0 Å². The molecule has 0 N–H and O–H groups in total. The number of rotatable bonds is 2. The van der Waals surface area contributed by atoms with Crippen LogP contribution in [0.15, 0.2) is 39.7 Å². The molecule has 23 heavy (non-hydrogen) atoms. The maximum atomic E-state index is 13.4. The average Bonchev–Trinajstić information content (AvgIpc) is 2.72. The molecule has 0 unspecified atom stereocenters. The third kappa shape index (κ3) is 2.70. The van der Waals surface area contributed by atoms with E-state index in [1.165, 1.54) is 0 Å². The standard InChI is InChI=1S/C18H20BrNO2S/c1-11-7-12(2)18(13(3)8-11)23(21,22)20-14(4)9-15-10-16(19)5-6-17(15)20/h5-8,10,14H,9H2,1-4H3/t14-/m1/s1. The highest BCUT2D eigenvalue weighted by Gasteiger charge is 2.37. The van der Waals surface area contributed by atoms with Crippen LogP contribution in [0.4, 0.5) is 5.69 Å². The van der Waals surface area contributed by atoms with Gasteiger partial charge in [-0.1, -0.05) is 33.6 Å². The van der Waals surface area contributed by atoms with E-state index in [2.05, 4.69) is 15.9 Å². The van der Waals surface area contributed by atoms with Gasteiger partial charge in [-0.15, -0.1) is 0 Å². The lowest BCUT2D eigenvalue weighted by Crippen LogP contribution is -2.36. The largest absolute Gasteiger partial charge is 0.265 e. The van der Waals surface area contributed by atoms with Crippen LogP contribution in [-0.2, 0) is 16.4 Å². The molecule has 0 radical (unpaired) electrons. The van der Waals surface area contributed by atoms with E-state index in [4.69, 9.17) is 0 Å². The predicted octanol–water partition coefficient (Wildman–Crippen LogP) is 4.51. The zero-order valence-electron chi connectivity index (χ0n) is 13.7. The number of sulfonamides is 1. The van der Waals surface area contributed by atoms with Crippen molar-refractivity contribution < 1.29 is 8.42 Å². The maximum Gasteiger partial charge on any atom is 0.265 e. The molecule has 0 fully saturated rings. The van der Waals surface area contributed by atoms with E-state index in [-0.39, 0.29) is 6.04 Å². The fourth-order valence-corrected chi connectivity index (χ4v) is 6.13. The van der Waals surface area contributed by atoms with E-state index in [9.17, 15) is 8.42 Å². The Labute approximate surface area is 146 Å². The summed E-state index contributed by atoms with van der Waals surface area (Å²) in [6.07, 6.45) is 0.734. The number of hydrogen-bond donors (Lipinski definition) is 0. The van der Waals surface area contributed by atoms with Gasteiger partial charge in [-0.2, -0.15) is 0 Å². The average molecular weight is 394 g/mol. The smallest absolute Gasteiger partial charge is 0.263 e. The first kappa shape index (κ1) is 16.5. The summed E-state index contributed by atoms with van der Waals surface area (Å²) in [6.45, 7) is 7.69. The second kappa shape index (κ2) is 5.64. The highest BCUT2D eigenvalue weighted by atomic mass is 79.9. The van der Waals surface area contributed by atoms with Crippen LogP contribution in [0.3, 0.4) is 0 Å². The van der Waals surface area contributed by atoms with Gasteiger partial charge in [-0.05, 0) is 69.0 Å². The van der Waals surface area contributed by atoms with Crippen molar-refractivity contribution in [2.45, 2.75) is 45.1 Å². The van der Waals surface area contributed by atoms with Gasteiger partial charge in [0.25, 0.3) is 10.0 Å². The molecule has 0 amide bonds. The molecule has 0 bridgehead atoms. The third-order valence-corrected chi connectivity index (χ3v) is 7.04. The highest BCUT2D eigenvalue weighted by molar-refractivity contribution is 9.10. The molecule has 0 saturated heterocycles. The molecule has 1 atom stereocenters. The van der Waals surface area contributed by atoms with Gasteiger partial charge in [0.15, 0.2) is 0 Å². The fourth-order valence-electron chi connectivity index (χ4n) is 3.61. The number of anilines is 1. The first-order chi connectivity index (χ1) is 10.7. The van der Waals surface area contributed by atoms with Crippen molar-refractivity contribution in [2.75, 3.05) is 4.31 Å². The van der Waals surface area contributed by atoms with E-state index in [0.29, 0.717) is 4.90 Å². The molecule has 0 aliphatic carbocycles. The van der Waals surface area contributed by atoms with E-state index >= 15 is 0 Å². The van der Waals surface area contributed by atoms with Crippen LogP contribution in [0.5, 0.6) is 0 Å². The molecule has 5 heteroatoms. The number of benzene rings is 2. The lowest BCUT2D eigenvalue weighted by atomic mass is 10.1. The summed E-state index contributed by atoms with van der Waals surface area (Å²) < 4.78 is 29.3. The first-order valence-corrected chi connectivity index (χ1v) is 9.86. The Bertz CT molecular complexity index is 867. The molecule has 3 nitrogen and oxygen atoms in total. The number of fused-ring (bicyclic) bond motifs is 1. The molecule has 0 spiro atoms. The third-order valence-electron chi connectivity index (χ3n) is 4.32. The summed E-state index contributed by atoms with van der Waals surface area (Å²) in [5, 5.41) is 0. The van der Waals surface area contributed by atoms with Gasteiger partial charge in [0.05, 0.1) is 10.6 Å². The molecular weight excluding hydrogens is 374 g/mol. The molecule has 0 saturated carbocycles. The van der Waals surface area contributed by atoms with Gasteiger partial charge >= 0.3 is 0 Å². The van der Waals surface area contributed by atoms with Crippen molar-refractivity contribution >= 4 is 31.6 Å². The van der Waals surface area contributed by atoms with Crippen LogP contribution in [0, 0.1) is 20.8 Å². The summed E-state index contributed by atoms with van der Waals surface area (Å²) in [4.78, 5) is 0.436. The van der Waals surface area contributed by atoms with Gasteiger partial charge in [-0.25, -0.2) is 8.42 Å². The van der Waals surface area contributed by atoms with E-state index in [1.54, 1.807) is 4.31 Å². The maximum absolute atomic E-state index is 13.4. The minimum atomic E-state index is -3.57. The van der Waals surface area contributed by atoms with Crippen molar-refractivity contribution in [3.63, 3.8) is 0 Å². The topological polar surface area (TPSA) is 37.4 Å². The van der Waals surface area contributed by atoms with Crippen LogP contribution in [-0.4, -0.2) is 14.5 Å². The Morgan fingerprint density at radius 3 is 2.30 bits per heavy atom. The lowest BCUT2D eigenvalue weighted by molar-refractivity contribution is 0.583. The Kier molecular flexibility index (Phi) is 4.05. The molecule has 0 aromatic heterocycles. The van der Waals surface area contributed by atoms with E-state index in [1.807, 2.05) is 58.0 Å². The van der Waals surface area contributed by atoms with Gasteiger partial charge in [-0.3, -0.25) is 4.31 Å². The van der Waals surface area contributed by atoms with Crippen molar-refractivity contribution in [1.29, 1.82) is 0 Å². The number of nitrogens with zero attached hydrogens (tertiary/aromatic N) is 1. The second-order valence-electron chi connectivity index (χ2n) is 6.35. The Morgan fingerprint density at radius 1 is 1.09 bits per heavy atom. The van der Waals surface area contributed by atoms with Gasteiger partial charge in [0.2, 0.25) is 0 Å². The Morgan fingerprint density at radius 2 is 1.70 bits per heavy atom. The summed E-state index contributed by atoms with van der Waals surface area (Å²) in [5.74, 6) is 0. The molecule has 2 aromatic rings. The Balaban J connectivity index is 2.19. The van der Waals surface area contributed by atoms with Crippen molar-refractivity contribution in [3.05, 3.63) is 57.1 Å². The quantitative estimate of drug-likeness (QED) is 0.752. The number of halogens is 1. The summed E-state index contributed by atoms with van der Waals surface area (Å²) in [7, 11) is -3.57. The molecule has 2 aromatic carbocycles. The van der Waals surface area contributed by atoms with Crippen LogP contribution in [0.2, 0.25) is 0 Å². The summed E-state index contributed by atoms with van der Waals surface area (Å²) >= 11 is 3.46. The minimum absolute atomic E-state index is 0.0793. The highest BCUT2D eigenvalue weighted by Crippen LogP contribution is 2.39. The molecular formula is C18H20BrNO2S. The molecule has 1 aliphatic heterocycles. The zero-order chi connectivity index (χ0) is 16.9. The van der Waals surface area contributed by atoms with Gasteiger partial charge in [0.1, 0.15) is 0 Å². The van der Waals surface area contributed by atoms with Crippen LogP contribution < -0.4 is 4.31 Å². The Hall–Kier alpha value is -1.33. The monoisotopic (exact) mass is 393 g/mol. The summed E-state index contributed by atoms with van der Waals surface area (Å²) in [6, 6.07) is 9.58. The molecule has 1 aliphatic rings. The fraction of sp³-hybridized carbons (Fsp3) is 0.333. The zero-order valence-corrected chi connectivity index (χ0v) is 16.1. The van der Waals surface area contributed by atoms with Crippen LogP contribution in [0.1, 0.15) is 29.2 Å². The molecule has 1 heterocycles. The van der Waals surface area contributed by atoms with Gasteiger partial charge < -0.3 is 0 Å². The second-order valence-corrected chi connectivity index (χ2v) is 9.02. The van der Waals surface area contributed by atoms with Gasteiger partial charge in [0, 0.05) is 10.5 Å². The normalized spacial score (nSPS) is 17.4. The minimum Gasteiger partial charge on any atom is -0.263 e. The molecule has 3 rings (SSSR count). The summed E-state index contributed by atoms with van der Waals surface area (Å²) in [5.41, 5.74) is 4.55. The van der Waals surface area contributed by atoms with Crippen LogP contribution in [0.25, 0.3) is 0 Å². The SMILES string of the molecule is Cc1cc(C)c(S(=O)(=O)N2c3ccc(Br)cc3C[C@H]2C)c(C)c1. The lowest BCUT2D eigenvalue weighted by Gasteiger charge is -2.26. The van der Waals surface area contributed by atoms with E-state index in [0.717, 1.165) is 38.8 Å². The number of aryl methyl sites for hydroxylation is 3. The molecule has 122 valence electrons. The van der Waals surface area contributed by atoms with Crippen molar-refractivity contribution in [1.82, 2.24) is 0 Å². The van der Waals surface area contributed by atoms with Crippen molar-refractivity contribution in [2.24, 2.45) is 0 Å².